The summed E-state index contributed by atoms with van der Waals surface area (Å²) in [6.07, 6.45) is 4.64. The average Bonchev–Trinajstić information content (AvgIpc) is 2.62. The van der Waals surface area contributed by atoms with Gasteiger partial charge in [-0.1, -0.05) is 0 Å². The summed E-state index contributed by atoms with van der Waals surface area (Å²) in [5.41, 5.74) is 5.95. The lowest BCUT2D eigenvalue weighted by atomic mass is 9.95. The summed E-state index contributed by atoms with van der Waals surface area (Å²) in [5, 5.41) is 3.08. The maximum Gasteiger partial charge on any atom is 0.217 e. The smallest absolute Gasteiger partial charge is 0.217 e. The maximum absolute atomic E-state index is 11.1. The van der Waals surface area contributed by atoms with E-state index in [0.29, 0.717) is 12.1 Å². The van der Waals surface area contributed by atoms with Crippen LogP contribution in [0.3, 0.4) is 0 Å². The van der Waals surface area contributed by atoms with Crippen molar-refractivity contribution in [1.29, 1.82) is 0 Å². The number of rotatable bonds is 1. The van der Waals surface area contributed by atoms with Crippen molar-refractivity contribution in [2.24, 2.45) is 5.73 Å². The molecule has 0 radical (unpaired) electrons. The SMILES string of the molecule is CC(=O)NC1CCCC12CC(N)CS2. The van der Waals surface area contributed by atoms with Crippen LogP contribution in [0.1, 0.15) is 32.6 Å². The van der Waals surface area contributed by atoms with E-state index in [-0.39, 0.29) is 10.7 Å². The van der Waals surface area contributed by atoms with Crippen LogP contribution in [0.25, 0.3) is 0 Å². The van der Waals surface area contributed by atoms with Gasteiger partial charge in [0.15, 0.2) is 0 Å². The highest BCUT2D eigenvalue weighted by Gasteiger charge is 2.48. The third kappa shape index (κ3) is 1.77. The lowest BCUT2D eigenvalue weighted by molar-refractivity contribution is -0.119. The molecule has 1 aliphatic heterocycles. The topological polar surface area (TPSA) is 55.1 Å². The van der Waals surface area contributed by atoms with E-state index in [1.54, 1.807) is 6.92 Å². The summed E-state index contributed by atoms with van der Waals surface area (Å²) in [6.45, 7) is 1.60. The van der Waals surface area contributed by atoms with Gasteiger partial charge in [0.05, 0.1) is 0 Å². The first kappa shape index (κ1) is 10.3. The van der Waals surface area contributed by atoms with Crippen molar-refractivity contribution in [3.05, 3.63) is 0 Å². The largest absolute Gasteiger partial charge is 0.352 e. The van der Waals surface area contributed by atoms with Crippen molar-refractivity contribution in [2.75, 3.05) is 5.75 Å². The Morgan fingerprint density at radius 3 is 3.00 bits per heavy atom. The minimum absolute atomic E-state index is 0.0948. The molecule has 14 heavy (non-hydrogen) atoms. The fraction of sp³-hybridized carbons (Fsp3) is 0.900. The zero-order valence-corrected chi connectivity index (χ0v) is 9.40. The average molecular weight is 214 g/mol. The van der Waals surface area contributed by atoms with E-state index in [9.17, 15) is 4.79 Å². The molecule has 3 nitrogen and oxygen atoms in total. The Bertz CT molecular complexity index is 246. The van der Waals surface area contributed by atoms with E-state index in [1.807, 2.05) is 11.8 Å². The zero-order valence-electron chi connectivity index (χ0n) is 8.58. The molecule has 4 heteroatoms. The first-order valence-corrected chi connectivity index (χ1v) is 6.28. The van der Waals surface area contributed by atoms with Crippen molar-refractivity contribution in [3.8, 4) is 0 Å². The van der Waals surface area contributed by atoms with E-state index in [0.717, 1.165) is 18.6 Å². The predicted molar refractivity (Wildman–Crippen MR) is 59.2 cm³/mol. The van der Waals surface area contributed by atoms with Gasteiger partial charge in [-0.25, -0.2) is 0 Å². The van der Waals surface area contributed by atoms with Crippen molar-refractivity contribution < 1.29 is 4.79 Å². The second kappa shape index (κ2) is 3.74. The Balaban J connectivity index is 2.06. The third-order valence-electron chi connectivity index (χ3n) is 3.30. The molecule has 1 saturated carbocycles. The van der Waals surface area contributed by atoms with Gasteiger partial charge in [0, 0.05) is 29.5 Å². The number of thioether (sulfide) groups is 1. The standard InChI is InChI=1S/C10H18N2OS/c1-7(13)12-9-3-2-4-10(9)5-8(11)6-14-10/h8-9H,2-6,11H2,1H3,(H,12,13). The van der Waals surface area contributed by atoms with Crippen molar-refractivity contribution in [2.45, 2.75) is 49.4 Å². The molecule has 1 aliphatic carbocycles. The maximum atomic E-state index is 11.1. The molecule has 0 aromatic heterocycles. The highest BCUT2D eigenvalue weighted by molar-refractivity contribution is 8.01. The molecule has 1 saturated heterocycles. The normalized spacial score (nSPS) is 41.9. The molecule has 1 spiro atoms. The first-order chi connectivity index (χ1) is 6.62. The second-order valence-corrected chi connectivity index (χ2v) is 5.92. The molecule has 1 heterocycles. The fourth-order valence-corrected chi connectivity index (χ4v) is 4.41. The quantitative estimate of drug-likeness (QED) is 0.681. The second-order valence-electron chi connectivity index (χ2n) is 4.49. The van der Waals surface area contributed by atoms with Crippen LogP contribution in [0.15, 0.2) is 0 Å². The molecule has 2 fully saturated rings. The molecule has 2 rings (SSSR count). The summed E-state index contributed by atoms with van der Waals surface area (Å²) >= 11 is 1.97. The number of amides is 1. The van der Waals surface area contributed by atoms with Crippen LogP contribution in [0.4, 0.5) is 0 Å². The lowest BCUT2D eigenvalue weighted by Crippen LogP contribution is -2.46. The van der Waals surface area contributed by atoms with E-state index in [4.69, 9.17) is 5.73 Å². The van der Waals surface area contributed by atoms with Crippen LogP contribution >= 0.6 is 11.8 Å². The third-order valence-corrected chi connectivity index (χ3v) is 5.12. The molecule has 3 unspecified atom stereocenters. The van der Waals surface area contributed by atoms with Crippen LogP contribution in [0.2, 0.25) is 0 Å². The van der Waals surface area contributed by atoms with E-state index >= 15 is 0 Å². The molecule has 1 amide bonds. The van der Waals surface area contributed by atoms with Crippen LogP contribution in [-0.4, -0.2) is 28.5 Å². The summed E-state index contributed by atoms with van der Waals surface area (Å²) in [7, 11) is 0. The summed E-state index contributed by atoms with van der Waals surface area (Å²) < 4.78 is 0.269. The number of nitrogens with two attached hydrogens (primary N) is 1. The van der Waals surface area contributed by atoms with Gasteiger partial charge in [-0.15, -0.1) is 0 Å². The van der Waals surface area contributed by atoms with E-state index in [1.165, 1.54) is 12.8 Å². The highest BCUT2D eigenvalue weighted by Crippen LogP contribution is 2.49. The van der Waals surface area contributed by atoms with Gasteiger partial charge in [0.25, 0.3) is 0 Å². The zero-order chi connectivity index (χ0) is 10.2. The minimum atomic E-state index is 0.0948. The number of carbonyl (C=O) groups is 1. The van der Waals surface area contributed by atoms with Gasteiger partial charge in [0.2, 0.25) is 5.91 Å². The summed E-state index contributed by atoms with van der Waals surface area (Å²) in [5.74, 6) is 1.15. The molecular weight excluding hydrogens is 196 g/mol. The molecule has 3 N–H and O–H groups in total. The molecule has 0 aromatic carbocycles. The molecule has 0 aromatic rings. The molecule has 80 valence electrons. The lowest BCUT2D eigenvalue weighted by Gasteiger charge is -2.30. The van der Waals surface area contributed by atoms with Gasteiger partial charge in [0.1, 0.15) is 0 Å². The van der Waals surface area contributed by atoms with Crippen molar-refractivity contribution in [3.63, 3.8) is 0 Å². The minimum Gasteiger partial charge on any atom is -0.352 e. The van der Waals surface area contributed by atoms with Gasteiger partial charge in [-0.05, 0) is 25.7 Å². The highest BCUT2D eigenvalue weighted by atomic mass is 32.2. The number of carbonyl (C=O) groups excluding carboxylic acids is 1. The van der Waals surface area contributed by atoms with Gasteiger partial charge >= 0.3 is 0 Å². The van der Waals surface area contributed by atoms with Gasteiger partial charge in [-0.3, -0.25) is 4.79 Å². The Morgan fingerprint density at radius 2 is 2.43 bits per heavy atom. The van der Waals surface area contributed by atoms with Crippen LogP contribution < -0.4 is 11.1 Å². The monoisotopic (exact) mass is 214 g/mol. The Kier molecular flexibility index (Phi) is 2.75. The molecule has 3 atom stereocenters. The Labute approximate surface area is 89.2 Å². The Morgan fingerprint density at radius 1 is 1.64 bits per heavy atom. The molecule has 2 aliphatic rings. The first-order valence-electron chi connectivity index (χ1n) is 5.29. The van der Waals surface area contributed by atoms with E-state index < -0.39 is 0 Å². The van der Waals surface area contributed by atoms with Crippen LogP contribution in [0.5, 0.6) is 0 Å². The fourth-order valence-electron chi connectivity index (χ4n) is 2.74. The molecule has 0 bridgehead atoms. The summed E-state index contributed by atoms with van der Waals surface area (Å²) in [4.78, 5) is 11.1. The number of hydrogen-bond donors (Lipinski definition) is 2. The van der Waals surface area contributed by atoms with Crippen molar-refractivity contribution >= 4 is 17.7 Å². The van der Waals surface area contributed by atoms with Crippen molar-refractivity contribution in [1.82, 2.24) is 5.32 Å². The summed E-state index contributed by atoms with van der Waals surface area (Å²) in [6, 6.07) is 0.688. The number of nitrogens with one attached hydrogen (secondary N) is 1. The predicted octanol–water partition coefficient (Wildman–Crippen LogP) is 0.878. The number of hydrogen-bond acceptors (Lipinski definition) is 3. The van der Waals surface area contributed by atoms with Crippen LogP contribution in [0, 0.1) is 0 Å². The molecular formula is C10H18N2OS. The van der Waals surface area contributed by atoms with E-state index in [2.05, 4.69) is 5.32 Å². The van der Waals surface area contributed by atoms with Crippen LogP contribution in [-0.2, 0) is 4.79 Å². The Hall–Kier alpha value is -0.220. The van der Waals surface area contributed by atoms with Gasteiger partial charge in [-0.2, -0.15) is 11.8 Å². The van der Waals surface area contributed by atoms with Gasteiger partial charge < -0.3 is 11.1 Å².